The molecule has 0 spiro atoms. The van der Waals surface area contributed by atoms with Crippen molar-refractivity contribution in [2.24, 2.45) is 0 Å². The Morgan fingerprint density at radius 2 is 2.53 bits per heavy atom. The van der Waals surface area contributed by atoms with Crippen LogP contribution in [0.4, 0.5) is 10.8 Å². The Morgan fingerprint density at radius 1 is 1.67 bits per heavy atom. The SMILES string of the molecule is O=C(O)N(c1nnco1)C1CCCOC1. The molecule has 2 heterocycles. The predicted octanol–water partition coefficient (Wildman–Crippen LogP) is 0.733. The number of aromatic nitrogens is 2. The molecule has 1 N–H and O–H groups in total. The minimum atomic E-state index is -1.10. The van der Waals surface area contributed by atoms with Gasteiger partial charge in [-0.25, -0.2) is 9.69 Å². The van der Waals surface area contributed by atoms with Gasteiger partial charge in [0, 0.05) is 6.61 Å². The number of hydrogen-bond donors (Lipinski definition) is 1. The summed E-state index contributed by atoms with van der Waals surface area (Å²) in [5.41, 5.74) is 0. The number of carboxylic acid groups (broad SMARTS) is 1. The molecule has 1 unspecified atom stereocenters. The molecule has 15 heavy (non-hydrogen) atoms. The van der Waals surface area contributed by atoms with Crippen LogP contribution in [0.25, 0.3) is 0 Å². The van der Waals surface area contributed by atoms with Gasteiger partial charge in [-0.15, -0.1) is 5.10 Å². The first-order chi connectivity index (χ1) is 7.29. The molecule has 1 atom stereocenters. The summed E-state index contributed by atoms with van der Waals surface area (Å²) in [6.07, 6.45) is 1.58. The second-order valence-electron chi connectivity index (χ2n) is 3.24. The van der Waals surface area contributed by atoms with Gasteiger partial charge in [-0.2, -0.15) is 0 Å². The van der Waals surface area contributed by atoms with Crippen LogP contribution < -0.4 is 4.90 Å². The van der Waals surface area contributed by atoms with Crippen molar-refractivity contribution in [2.45, 2.75) is 18.9 Å². The van der Waals surface area contributed by atoms with E-state index in [1.165, 1.54) is 0 Å². The number of amides is 1. The highest BCUT2D eigenvalue weighted by Crippen LogP contribution is 2.19. The summed E-state index contributed by atoms with van der Waals surface area (Å²) in [5, 5.41) is 16.1. The highest BCUT2D eigenvalue weighted by Gasteiger charge is 2.30. The summed E-state index contributed by atoms with van der Waals surface area (Å²) in [6.45, 7) is 1.04. The van der Waals surface area contributed by atoms with Crippen LogP contribution >= 0.6 is 0 Å². The Bertz CT molecular complexity index is 321. The predicted molar refractivity (Wildman–Crippen MR) is 48.6 cm³/mol. The lowest BCUT2D eigenvalue weighted by molar-refractivity contribution is 0.0769. The smallest absolute Gasteiger partial charge is 0.415 e. The molecule has 2 rings (SSSR count). The minimum Gasteiger partial charge on any atom is -0.465 e. The van der Waals surface area contributed by atoms with Gasteiger partial charge in [0.05, 0.1) is 12.6 Å². The third kappa shape index (κ3) is 2.07. The molecule has 1 fully saturated rings. The van der Waals surface area contributed by atoms with Gasteiger partial charge in [-0.3, -0.25) is 0 Å². The lowest BCUT2D eigenvalue weighted by atomic mass is 10.1. The summed E-state index contributed by atoms with van der Waals surface area (Å²) >= 11 is 0. The van der Waals surface area contributed by atoms with E-state index in [0.717, 1.165) is 24.1 Å². The first-order valence-corrected chi connectivity index (χ1v) is 4.65. The first kappa shape index (κ1) is 9.91. The zero-order valence-electron chi connectivity index (χ0n) is 8.00. The Kier molecular flexibility index (Phi) is 2.82. The van der Waals surface area contributed by atoms with Gasteiger partial charge in [0.1, 0.15) is 0 Å². The monoisotopic (exact) mass is 213 g/mol. The number of anilines is 1. The fourth-order valence-electron chi connectivity index (χ4n) is 1.59. The van der Waals surface area contributed by atoms with Crippen LogP contribution in [0.1, 0.15) is 12.8 Å². The van der Waals surface area contributed by atoms with Gasteiger partial charge in [0.25, 0.3) is 0 Å². The molecule has 7 heteroatoms. The minimum absolute atomic E-state index is 0.00185. The Balaban J connectivity index is 2.15. The Morgan fingerprint density at radius 3 is 3.07 bits per heavy atom. The molecule has 1 aromatic rings. The summed E-state index contributed by atoms with van der Waals surface area (Å²) in [4.78, 5) is 12.1. The molecule has 1 amide bonds. The maximum absolute atomic E-state index is 11.0. The number of hydrogen-bond acceptors (Lipinski definition) is 5. The van der Waals surface area contributed by atoms with E-state index in [2.05, 4.69) is 10.2 Å². The molecule has 82 valence electrons. The van der Waals surface area contributed by atoms with Crippen LogP contribution in [0.3, 0.4) is 0 Å². The maximum Gasteiger partial charge on any atom is 0.415 e. The lowest BCUT2D eigenvalue weighted by Crippen LogP contribution is -2.44. The van der Waals surface area contributed by atoms with Crippen LogP contribution in [0, 0.1) is 0 Å². The third-order valence-corrected chi connectivity index (χ3v) is 2.26. The number of nitrogens with zero attached hydrogens (tertiary/aromatic N) is 3. The zero-order chi connectivity index (χ0) is 10.7. The van der Waals surface area contributed by atoms with E-state index in [4.69, 9.17) is 14.3 Å². The fraction of sp³-hybridized carbons (Fsp3) is 0.625. The molecule has 0 aliphatic carbocycles. The molecule has 0 saturated carbocycles. The van der Waals surface area contributed by atoms with Gasteiger partial charge in [0.15, 0.2) is 0 Å². The van der Waals surface area contributed by atoms with Crippen molar-refractivity contribution in [2.75, 3.05) is 18.1 Å². The molecule has 1 saturated heterocycles. The van der Waals surface area contributed by atoms with E-state index < -0.39 is 6.09 Å². The highest BCUT2D eigenvalue weighted by atomic mass is 16.5. The van der Waals surface area contributed by atoms with Gasteiger partial charge in [-0.1, -0.05) is 5.10 Å². The third-order valence-electron chi connectivity index (χ3n) is 2.26. The van der Waals surface area contributed by atoms with E-state index in [0.29, 0.717) is 13.2 Å². The van der Waals surface area contributed by atoms with Gasteiger partial charge in [0.2, 0.25) is 6.39 Å². The molecular formula is C8H11N3O4. The first-order valence-electron chi connectivity index (χ1n) is 4.65. The maximum atomic E-state index is 11.0. The number of rotatable bonds is 2. The van der Waals surface area contributed by atoms with Gasteiger partial charge >= 0.3 is 12.1 Å². The summed E-state index contributed by atoms with van der Waals surface area (Å²) in [7, 11) is 0. The average molecular weight is 213 g/mol. The highest BCUT2D eigenvalue weighted by molar-refractivity contribution is 5.83. The zero-order valence-corrected chi connectivity index (χ0v) is 8.00. The molecule has 7 nitrogen and oxygen atoms in total. The van der Waals surface area contributed by atoms with E-state index in [1.54, 1.807) is 0 Å². The lowest BCUT2D eigenvalue weighted by Gasteiger charge is -2.28. The fourth-order valence-corrected chi connectivity index (χ4v) is 1.59. The van der Waals surface area contributed by atoms with Crippen molar-refractivity contribution < 1.29 is 19.1 Å². The van der Waals surface area contributed by atoms with E-state index in [-0.39, 0.29) is 12.1 Å². The molecule has 0 bridgehead atoms. The number of ether oxygens (including phenoxy) is 1. The standard InChI is InChI=1S/C8H11N3O4/c12-8(13)11(7-10-9-5-15-7)6-2-1-3-14-4-6/h5-6H,1-4H2,(H,12,13). The van der Waals surface area contributed by atoms with Crippen LogP contribution in [0.2, 0.25) is 0 Å². The van der Waals surface area contributed by atoms with Crippen LogP contribution in [0.15, 0.2) is 10.8 Å². The van der Waals surface area contributed by atoms with Gasteiger partial charge in [-0.05, 0) is 12.8 Å². The largest absolute Gasteiger partial charge is 0.465 e. The van der Waals surface area contributed by atoms with E-state index in [1.807, 2.05) is 0 Å². The normalized spacial score (nSPS) is 21.2. The summed E-state index contributed by atoms with van der Waals surface area (Å²) in [5.74, 6) is 0. The second-order valence-corrected chi connectivity index (χ2v) is 3.24. The molecule has 0 radical (unpaired) electrons. The van der Waals surface area contributed by atoms with Crippen LogP contribution in [-0.4, -0.2) is 40.7 Å². The van der Waals surface area contributed by atoms with Gasteiger partial charge < -0.3 is 14.3 Å². The molecule has 1 aromatic heterocycles. The topological polar surface area (TPSA) is 88.7 Å². The van der Waals surface area contributed by atoms with Crippen LogP contribution in [0.5, 0.6) is 0 Å². The van der Waals surface area contributed by atoms with Crippen molar-refractivity contribution >= 4 is 12.1 Å². The average Bonchev–Trinajstić information content (AvgIpc) is 2.72. The summed E-state index contributed by atoms with van der Waals surface area (Å²) in [6, 6.07) is -0.241. The summed E-state index contributed by atoms with van der Waals surface area (Å²) < 4.78 is 10.1. The molecule has 0 aromatic carbocycles. The molecule has 1 aliphatic rings. The second kappa shape index (κ2) is 4.26. The van der Waals surface area contributed by atoms with Crippen molar-refractivity contribution in [3.8, 4) is 0 Å². The van der Waals surface area contributed by atoms with E-state index >= 15 is 0 Å². The molecule has 1 aliphatic heterocycles. The Hall–Kier alpha value is -1.63. The van der Waals surface area contributed by atoms with E-state index in [9.17, 15) is 4.79 Å². The quantitative estimate of drug-likeness (QED) is 0.779. The van der Waals surface area contributed by atoms with Crippen molar-refractivity contribution in [3.63, 3.8) is 0 Å². The van der Waals surface area contributed by atoms with Crippen molar-refractivity contribution in [3.05, 3.63) is 6.39 Å². The van der Waals surface area contributed by atoms with Crippen molar-refractivity contribution in [1.29, 1.82) is 0 Å². The molecular weight excluding hydrogens is 202 g/mol. The number of carbonyl (C=O) groups is 1. The van der Waals surface area contributed by atoms with Crippen molar-refractivity contribution in [1.82, 2.24) is 10.2 Å². The Labute approximate surface area is 85.6 Å². The van der Waals surface area contributed by atoms with Crippen LogP contribution in [-0.2, 0) is 4.74 Å².